The summed E-state index contributed by atoms with van der Waals surface area (Å²) in [5.74, 6) is 0.248. The number of nitrogens with zero attached hydrogens (tertiary/aromatic N) is 2. The van der Waals surface area contributed by atoms with Crippen LogP contribution in [0.3, 0.4) is 0 Å². The van der Waals surface area contributed by atoms with Crippen LogP contribution in [0.4, 0.5) is 0 Å². The average molecular weight is 347 g/mol. The molecular weight excluding hydrogens is 328 g/mol. The molecule has 122 valence electrons. The Hall–Kier alpha value is -1.35. The van der Waals surface area contributed by atoms with Crippen molar-refractivity contribution in [2.75, 3.05) is 33.6 Å². The fourth-order valence-electron chi connectivity index (χ4n) is 1.91. The lowest BCUT2D eigenvalue weighted by Crippen LogP contribution is -2.50. The maximum atomic E-state index is 12.2. The summed E-state index contributed by atoms with van der Waals surface area (Å²) in [4.78, 5) is 6.39. The second-order valence-electron chi connectivity index (χ2n) is 4.78. The van der Waals surface area contributed by atoms with E-state index in [1.54, 1.807) is 7.11 Å². The standard InChI is InChI=1S/C13H19ClN4O3S/c1-21-8-2-7-18-9-15-13(16-10-18)17-22(19,20)12-5-3-11(14)4-6-12/h3-6H,2,7-10H2,1H3,(H2,15,16,17). The van der Waals surface area contributed by atoms with Crippen molar-refractivity contribution in [1.82, 2.24) is 14.9 Å². The second kappa shape index (κ2) is 7.77. The minimum absolute atomic E-state index is 0.143. The number of guanidine groups is 1. The van der Waals surface area contributed by atoms with Gasteiger partial charge in [-0.25, -0.2) is 18.1 Å². The van der Waals surface area contributed by atoms with Gasteiger partial charge in [0.1, 0.15) is 0 Å². The number of hydrogen-bond donors (Lipinski definition) is 2. The van der Waals surface area contributed by atoms with E-state index < -0.39 is 10.0 Å². The largest absolute Gasteiger partial charge is 0.385 e. The molecule has 1 aliphatic rings. The smallest absolute Gasteiger partial charge is 0.264 e. The van der Waals surface area contributed by atoms with Gasteiger partial charge >= 0.3 is 0 Å². The molecule has 1 aromatic carbocycles. The van der Waals surface area contributed by atoms with Gasteiger partial charge < -0.3 is 10.1 Å². The lowest BCUT2D eigenvalue weighted by molar-refractivity contribution is 0.169. The van der Waals surface area contributed by atoms with Crippen LogP contribution in [0.1, 0.15) is 6.42 Å². The Bertz CT molecular complexity index is 619. The number of nitrogens with one attached hydrogen (secondary N) is 2. The van der Waals surface area contributed by atoms with Crippen LogP contribution in [0.2, 0.25) is 5.02 Å². The molecule has 0 saturated carbocycles. The minimum atomic E-state index is -3.66. The summed E-state index contributed by atoms with van der Waals surface area (Å²) in [6, 6.07) is 5.96. The van der Waals surface area contributed by atoms with E-state index in [-0.39, 0.29) is 10.9 Å². The van der Waals surface area contributed by atoms with Crippen LogP contribution in [-0.4, -0.2) is 52.9 Å². The van der Waals surface area contributed by atoms with E-state index >= 15 is 0 Å². The van der Waals surface area contributed by atoms with Crippen molar-refractivity contribution < 1.29 is 13.2 Å². The molecule has 1 aromatic rings. The predicted octanol–water partition coefficient (Wildman–Crippen LogP) is 0.831. The molecule has 1 aliphatic heterocycles. The SMILES string of the molecule is COCCCN1CN=C(NS(=O)(=O)c2ccc(Cl)cc2)NC1. The monoisotopic (exact) mass is 346 g/mol. The normalized spacial score (nSPS) is 16.0. The molecule has 2 N–H and O–H groups in total. The third-order valence-corrected chi connectivity index (χ3v) is 4.68. The van der Waals surface area contributed by atoms with Gasteiger partial charge in [-0.15, -0.1) is 0 Å². The molecule has 0 atom stereocenters. The number of sulfonamides is 1. The lowest BCUT2D eigenvalue weighted by atomic mass is 10.4. The number of hydrogen-bond acceptors (Lipinski definition) is 6. The second-order valence-corrected chi connectivity index (χ2v) is 6.90. The van der Waals surface area contributed by atoms with E-state index in [1.165, 1.54) is 24.3 Å². The van der Waals surface area contributed by atoms with Gasteiger partial charge in [0, 0.05) is 25.3 Å². The molecule has 0 spiro atoms. The lowest BCUT2D eigenvalue weighted by Gasteiger charge is -2.26. The topological polar surface area (TPSA) is 83.0 Å². The third-order valence-electron chi connectivity index (χ3n) is 3.08. The van der Waals surface area contributed by atoms with Crippen LogP contribution in [0.25, 0.3) is 0 Å². The Kier molecular flexibility index (Phi) is 6.01. The zero-order valence-corrected chi connectivity index (χ0v) is 13.8. The van der Waals surface area contributed by atoms with Gasteiger partial charge in [0.15, 0.2) is 0 Å². The first kappa shape index (κ1) is 17.0. The summed E-state index contributed by atoms with van der Waals surface area (Å²) < 4.78 is 31.8. The van der Waals surface area contributed by atoms with Crippen LogP contribution in [0, 0.1) is 0 Å². The first-order valence-electron chi connectivity index (χ1n) is 6.79. The fraction of sp³-hybridized carbons (Fsp3) is 0.462. The zero-order chi connectivity index (χ0) is 16.0. The molecule has 9 heteroatoms. The molecule has 7 nitrogen and oxygen atoms in total. The molecule has 22 heavy (non-hydrogen) atoms. The molecule has 0 aromatic heterocycles. The third kappa shape index (κ3) is 4.84. The predicted molar refractivity (Wildman–Crippen MR) is 85.3 cm³/mol. The van der Waals surface area contributed by atoms with Gasteiger partial charge in [0.25, 0.3) is 10.0 Å². The van der Waals surface area contributed by atoms with Crippen LogP contribution in [0.15, 0.2) is 34.2 Å². The van der Waals surface area contributed by atoms with E-state index in [0.717, 1.165) is 13.0 Å². The maximum Gasteiger partial charge on any atom is 0.264 e. The highest BCUT2D eigenvalue weighted by Crippen LogP contribution is 2.13. The Morgan fingerprint density at radius 3 is 2.73 bits per heavy atom. The average Bonchev–Trinajstić information content (AvgIpc) is 2.49. The van der Waals surface area contributed by atoms with Crippen molar-refractivity contribution in [1.29, 1.82) is 0 Å². The molecule has 0 amide bonds. The van der Waals surface area contributed by atoms with Gasteiger partial charge in [-0.05, 0) is 30.7 Å². The van der Waals surface area contributed by atoms with Crippen LogP contribution >= 0.6 is 11.6 Å². The van der Waals surface area contributed by atoms with Crippen molar-refractivity contribution in [2.45, 2.75) is 11.3 Å². The molecule has 1 heterocycles. The van der Waals surface area contributed by atoms with Crippen molar-refractivity contribution in [3.8, 4) is 0 Å². The highest BCUT2D eigenvalue weighted by molar-refractivity contribution is 7.90. The van der Waals surface area contributed by atoms with Crippen molar-refractivity contribution in [3.63, 3.8) is 0 Å². The Labute approximate surface area is 135 Å². The molecular formula is C13H19ClN4O3S. The van der Waals surface area contributed by atoms with Crippen LogP contribution in [-0.2, 0) is 14.8 Å². The van der Waals surface area contributed by atoms with E-state index in [0.29, 0.717) is 25.0 Å². The van der Waals surface area contributed by atoms with E-state index in [4.69, 9.17) is 16.3 Å². The van der Waals surface area contributed by atoms with Crippen molar-refractivity contribution in [3.05, 3.63) is 29.3 Å². The number of halogens is 1. The van der Waals surface area contributed by atoms with E-state index in [2.05, 4.69) is 19.9 Å². The summed E-state index contributed by atoms with van der Waals surface area (Å²) in [5, 5.41) is 3.44. The molecule has 0 aliphatic carbocycles. The number of ether oxygens (including phenoxy) is 1. The summed E-state index contributed by atoms with van der Waals surface area (Å²) in [6.07, 6.45) is 0.902. The molecule has 2 rings (SSSR count). The van der Waals surface area contributed by atoms with E-state index in [9.17, 15) is 8.42 Å². The van der Waals surface area contributed by atoms with Crippen LogP contribution in [0.5, 0.6) is 0 Å². The van der Waals surface area contributed by atoms with Gasteiger partial charge in [-0.2, -0.15) is 0 Å². The van der Waals surface area contributed by atoms with Gasteiger partial charge in [-0.3, -0.25) is 4.90 Å². The Morgan fingerprint density at radius 2 is 2.14 bits per heavy atom. The Balaban J connectivity index is 1.92. The van der Waals surface area contributed by atoms with Gasteiger partial charge in [0.05, 0.1) is 18.2 Å². The number of benzene rings is 1. The highest BCUT2D eigenvalue weighted by Gasteiger charge is 2.19. The first-order chi connectivity index (χ1) is 10.5. The highest BCUT2D eigenvalue weighted by atomic mass is 35.5. The molecule has 0 bridgehead atoms. The molecule has 0 unspecified atom stereocenters. The van der Waals surface area contributed by atoms with Crippen molar-refractivity contribution in [2.24, 2.45) is 4.99 Å². The van der Waals surface area contributed by atoms with Gasteiger partial charge in [0.2, 0.25) is 5.96 Å². The maximum absolute atomic E-state index is 12.2. The minimum Gasteiger partial charge on any atom is -0.385 e. The number of aliphatic imine (C=N–C) groups is 1. The number of methoxy groups -OCH3 is 1. The molecule has 0 radical (unpaired) electrons. The fourth-order valence-corrected chi connectivity index (χ4v) is 3.04. The van der Waals surface area contributed by atoms with Crippen LogP contribution < -0.4 is 10.0 Å². The van der Waals surface area contributed by atoms with Crippen molar-refractivity contribution >= 4 is 27.6 Å². The summed E-state index contributed by atoms with van der Waals surface area (Å²) >= 11 is 5.76. The van der Waals surface area contributed by atoms with Gasteiger partial charge in [-0.1, -0.05) is 11.6 Å². The molecule has 0 fully saturated rings. The zero-order valence-electron chi connectivity index (χ0n) is 12.3. The summed E-state index contributed by atoms with van der Waals surface area (Å²) in [5.41, 5.74) is 0. The summed E-state index contributed by atoms with van der Waals surface area (Å²) in [7, 11) is -1.99. The van der Waals surface area contributed by atoms with E-state index in [1.807, 2.05) is 0 Å². The number of rotatable bonds is 6. The first-order valence-corrected chi connectivity index (χ1v) is 8.65. The Morgan fingerprint density at radius 1 is 1.41 bits per heavy atom. The summed E-state index contributed by atoms with van der Waals surface area (Å²) in [6.45, 7) is 2.50. The molecule has 0 saturated heterocycles. The quantitative estimate of drug-likeness (QED) is 0.745.